The molecule has 70 valence electrons. The maximum absolute atomic E-state index is 5.88. The van der Waals surface area contributed by atoms with E-state index in [1.54, 1.807) is 6.20 Å². The molecule has 0 aliphatic carbocycles. The molecular weight excluding hydrogens is 162 g/mol. The summed E-state index contributed by atoms with van der Waals surface area (Å²) in [6.45, 7) is 1.11. The Bertz CT molecular complexity index is 309. The fourth-order valence-corrected chi connectivity index (χ4v) is 1.86. The Kier molecular flexibility index (Phi) is 2.08. The van der Waals surface area contributed by atoms with E-state index in [1.807, 2.05) is 6.20 Å². The SMILES string of the molecule is CN1CCCCc2c(N)cncc21. The van der Waals surface area contributed by atoms with Crippen molar-refractivity contribution in [3.05, 3.63) is 18.0 Å². The molecule has 3 nitrogen and oxygen atoms in total. The average molecular weight is 177 g/mol. The van der Waals surface area contributed by atoms with Crippen LogP contribution < -0.4 is 10.6 Å². The topological polar surface area (TPSA) is 42.1 Å². The number of hydrogen-bond acceptors (Lipinski definition) is 3. The molecule has 0 unspecified atom stereocenters. The van der Waals surface area contributed by atoms with Crippen LogP contribution in [0.15, 0.2) is 12.4 Å². The number of anilines is 2. The Morgan fingerprint density at radius 1 is 1.38 bits per heavy atom. The Morgan fingerprint density at radius 3 is 3.08 bits per heavy atom. The normalized spacial score (nSPS) is 16.5. The first-order chi connectivity index (χ1) is 6.29. The Labute approximate surface area is 78.6 Å². The molecule has 1 aliphatic heterocycles. The second kappa shape index (κ2) is 3.24. The van der Waals surface area contributed by atoms with Crippen LogP contribution in [0.4, 0.5) is 11.4 Å². The van der Waals surface area contributed by atoms with Crippen molar-refractivity contribution in [1.82, 2.24) is 4.98 Å². The zero-order chi connectivity index (χ0) is 9.26. The van der Waals surface area contributed by atoms with Gasteiger partial charge in [-0.25, -0.2) is 0 Å². The molecule has 0 saturated heterocycles. The van der Waals surface area contributed by atoms with Gasteiger partial charge in [0.25, 0.3) is 0 Å². The molecule has 3 heteroatoms. The number of aromatic nitrogens is 1. The van der Waals surface area contributed by atoms with Crippen LogP contribution in [-0.4, -0.2) is 18.6 Å². The summed E-state index contributed by atoms with van der Waals surface area (Å²) in [5.41, 5.74) is 9.20. The molecule has 1 aromatic heterocycles. The molecule has 0 amide bonds. The van der Waals surface area contributed by atoms with Gasteiger partial charge in [0.15, 0.2) is 0 Å². The van der Waals surface area contributed by atoms with Gasteiger partial charge in [0.1, 0.15) is 0 Å². The number of rotatable bonds is 0. The minimum atomic E-state index is 0.839. The van der Waals surface area contributed by atoms with E-state index in [-0.39, 0.29) is 0 Å². The van der Waals surface area contributed by atoms with Crippen LogP contribution >= 0.6 is 0 Å². The molecule has 0 spiro atoms. The molecule has 0 aromatic carbocycles. The largest absolute Gasteiger partial charge is 0.397 e. The third kappa shape index (κ3) is 1.46. The summed E-state index contributed by atoms with van der Waals surface area (Å²) < 4.78 is 0. The van der Waals surface area contributed by atoms with Crippen LogP contribution in [0.2, 0.25) is 0 Å². The summed E-state index contributed by atoms with van der Waals surface area (Å²) >= 11 is 0. The molecule has 0 saturated carbocycles. The van der Waals surface area contributed by atoms with Crippen LogP contribution in [0, 0.1) is 0 Å². The smallest absolute Gasteiger partial charge is 0.0603 e. The predicted molar refractivity (Wildman–Crippen MR) is 54.9 cm³/mol. The number of pyridine rings is 1. The van der Waals surface area contributed by atoms with Crippen molar-refractivity contribution in [2.45, 2.75) is 19.3 Å². The lowest BCUT2D eigenvalue weighted by atomic mass is 10.1. The van der Waals surface area contributed by atoms with E-state index in [0.717, 1.165) is 18.7 Å². The monoisotopic (exact) mass is 177 g/mol. The highest BCUT2D eigenvalue weighted by atomic mass is 15.1. The van der Waals surface area contributed by atoms with E-state index >= 15 is 0 Å². The predicted octanol–water partition coefficient (Wildman–Crippen LogP) is 1.44. The van der Waals surface area contributed by atoms with Gasteiger partial charge in [0.05, 0.1) is 23.8 Å². The fraction of sp³-hybridized carbons (Fsp3) is 0.500. The van der Waals surface area contributed by atoms with Crippen LogP contribution in [0.3, 0.4) is 0 Å². The number of fused-ring (bicyclic) bond motifs is 1. The maximum Gasteiger partial charge on any atom is 0.0603 e. The molecule has 0 bridgehead atoms. The fourth-order valence-electron chi connectivity index (χ4n) is 1.86. The third-order valence-electron chi connectivity index (χ3n) is 2.65. The van der Waals surface area contributed by atoms with Crippen molar-refractivity contribution >= 4 is 11.4 Å². The Hall–Kier alpha value is -1.25. The third-order valence-corrected chi connectivity index (χ3v) is 2.65. The lowest BCUT2D eigenvalue weighted by molar-refractivity contribution is 0.750. The van der Waals surface area contributed by atoms with Crippen molar-refractivity contribution in [2.75, 3.05) is 24.2 Å². The maximum atomic E-state index is 5.88. The van der Waals surface area contributed by atoms with Crippen LogP contribution in [0.1, 0.15) is 18.4 Å². The van der Waals surface area contributed by atoms with E-state index in [1.165, 1.54) is 24.1 Å². The van der Waals surface area contributed by atoms with Crippen molar-refractivity contribution < 1.29 is 0 Å². The van der Waals surface area contributed by atoms with Gasteiger partial charge in [-0.2, -0.15) is 0 Å². The number of nitrogen functional groups attached to an aromatic ring is 1. The van der Waals surface area contributed by atoms with Gasteiger partial charge in [-0.05, 0) is 19.3 Å². The van der Waals surface area contributed by atoms with Crippen LogP contribution in [0.5, 0.6) is 0 Å². The van der Waals surface area contributed by atoms with Gasteiger partial charge < -0.3 is 10.6 Å². The van der Waals surface area contributed by atoms with Crippen molar-refractivity contribution in [2.24, 2.45) is 0 Å². The highest BCUT2D eigenvalue weighted by Crippen LogP contribution is 2.28. The molecule has 0 atom stereocenters. The first-order valence-electron chi connectivity index (χ1n) is 4.72. The van der Waals surface area contributed by atoms with Crippen molar-refractivity contribution in [3.8, 4) is 0 Å². The van der Waals surface area contributed by atoms with E-state index in [0.29, 0.717) is 0 Å². The summed E-state index contributed by atoms with van der Waals surface area (Å²) in [7, 11) is 2.10. The minimum absolute atomic E-state index is 0.839. The molecular formula is C10H15N3. The molecule has 1 aliphatic rings. The molecule has 2 heterocycles. The second-order valence-electron chi connectivity index (χ2n) is 3.61. The lowest BCUT2D eigenvalue weighted by Gasteiger charge is -2.19. The summed E-state index contributed by atoms with van der Waals surface area (Å²) in [5, 5.41) is 0. The molecule has 1 aromatic rings. The highest BCUT2D eigenvalue weighted by Gasteiger charge is 2.13. The summed E-state index contributed by atoms with van der Waals surface area (Å²) in [6.07, 6.45) is 7.22. The average Bonchev–Trinajstić information content (AvgIpc) is 2.30. The lowest BCUT2D eigenvalue weighted by Crippen LogP contribution is -2.18. The zero-order valence-corrected chi connectivity index (χ0v) is 7.95. The molecule has 2 rings (SSSR count). The van der Waals surface area contributed by atoms with Crippen molar-refractivity contribution in [1.29, 1.82) is 0 Å². The highest BCUT2D eigenvalue weighted by molar-refractivity contribution is 5.63. The van der Waals surface area contributed by atoms with Crippen molar-refractivity contribution in [3.63, 3.8) is 0 Å². The van der Waals surface area contributed by atoms with Gasteiger partial charge >= 0.3 is 0 Å². The van der Waals surface area contributed by atoms with E-state index in [9.17, 15) is 0 Å². The van der Waals surface area contributed by atoms with Gasteiger partial charge in [0, 0.05) is 19.2 Å². The quantitative estimate of drug-likeness (QED) is 0.652. The van der Waals surface area contributed by atoms with E-state index in [4.69, 9.17) is 5.73 Å². The molecule has 2 N–H and O–H groups in total. The summed E-state index contributed by atoms with van der Waals surface area (Å²) in [6, 6.07) is 0. The molecule has 0 fully saturated rings. The Balaban J connectivity index is 2.47. The van der Waals surface area contributed by atoms with Gasteiger partial charge in [0.2, 0.25) is 0 Å². The molecule has 0 radical (unpaired) electrons. The number of nitrogens with zero attached hydrogens (tertiary/aromatic N) is 2. The molecule has 13 heavy (non-hydrogen) atoms. The van der Waals surface area contributed by atoms with Crippen LogP contribution in [-0.2, 0) is 6.42 Å². The van der Waals surface area contributed by atoms with Crippen LogP contribution in [0.25, 0.3) is 0 Å². The number of hydrogen-bond donors (Lipinski definition) is 1. The standard InChI is InChI=1S/C10H15N3/c1-13-5-3-2-4-8-9(11)6-12-7-10(8)13/h6-7H,2-5,11H2,1H3. The van der Waals surface area contributed by atoms with Gasteiger partial charge in [-0.3, -0.25) is 4.98 Å². The Morgan fingerprint density at radius 2 is 2.23 bits per heavy atom. The van der Waals surface area contributed by atoms with Gasteiger partial charge in [-0.15, -0.1) is 0 Å². The zero-order valence-electron chi connectivity index (χ0n) is 7.95. The first kappa shape index (κ1) is 8.35. The first-order valence-corrected chi connectivity index (χ1v) is 4.72. The van der Waals surface area contributed by atoms with Gasteiger partial charge in [-0.1, -0.05) is 0 Å². The summed E-state index contributed by atoms with van der Waals surface area (Å²) in [4.78, 5) is 6.36. The van der Waals surface area contributed by atoms with E-state index in [2.05, 4.69) is 16.9 Å². The second-order valence-corrected chi connectivity index (χ2v) is 3.61. The minimum Gasteiger partial charge on any atom is -0.397 e. The summed E-state index contributed by atoms with van der Waals surface area (Å²) in [5.74, 6) is 0. The number of nitrogens with two attached hydrogens (primary N) is 1. The van der Waals surface area contributed by atoms with E-state index < -0.39 is 0 Å².